The molecule has 1 aromatic rings. The van der Waals surface area contributed by atoms with Crippen molar-refractivity contribution in [2.24, 2.45) is 0 Å². The number of aliphatic carboxylic acids is 1. The van der Waals surface area contributed by atoms with Gasteiger partial charge < -0.3 is 20.1 Å². The number of carbonyl (C=O) groups is 2. The molecular formula is C14H17FN2O4. The lowest BCUT2D eigenvalue weighted by molar-refractivity contribution is -0.137. The van der Waals surface area contributed by atoms with Crippen LogP contribution in [0.5, 0.6) is 5.75 Å². The van der Waals surface area contributed by atoms with E-state index in [0.717, 1.165) is 12.8 Å². The number of rotatable bonds is 6. The fraction of sp³-hybridized carbons (Fsp3) is 0.429. The second-order valence-electron chi connectivity index (χ2n) is 4.84. The van der Waals surface area contributed by atoms with E-state index in [2.05, 4.69) is 5.32 Å². The number of anilines is 1. The minimum atomic E-state index is -0.971. The standard InChI is InChI=1S/C14H17FN2O4/c1-21-10-4-5-11(15)12(8-10)16-14(20)17(9-2-3-9)7-6-13(18)19/h4-5,8-9H,2-3,6-7H2,1H3,(H,16,20)(H,18,19). The Labute approximate surface area is 121 Å². The van der Waals surface area contributed by atoms with Crippen LogP contribution in [0.25, 0.3) is 0 Å². The zero-order chi connectivity index (χ0) is 15.4. The van der Waals surface area contributed by atoms with E-state index in [0.29, 0.717) is 5.75 Å². The summed E-state index contributed by atoms with van der Waals surface area (Å²) >= 11 is 0. The predicted molar refractivity (Wildman–Crippen MR) is 74.0 cm³/mol. The van der Waals surface area contributed by atoms with E-state index in [-0.39, 0.29) is 24.7 Å². The molecule has 0 atom stereocenters. The summed E-state index contributed by atoms with van der Waals surface area (Å²) in [5.74, 6) is -1.12. The quantitative estimate of drug-likeness (QED) is 0.844. The van der Waals surface area contributed by atoms with Gasteiger partial charge in [0.25, 0.3) is 0 Å². The molecule has 0 aliphatic heterocycles. The molecule has 114 valence electrons. The maximum Gasteiger partial charge on any atom is 0.322 e. The second-order valence-corrected chi connectivity index (χ2v) is 4.84. The number of amides is 2. The molecule has 0 unspecified atom stereocenters. The van der Waals surface area contributed by atoms with Crippen molar-refractivity contribution in [1.29, 1.82) is 0 Å². The number of halogens is 1. The zero-order valence-electron chi connectivity index (χ0n) is 11.6. The average Bonchev–Trinajstić information content (AvgIpc) is 3.26. The predicted octanol–water partition coefficient (Wildman–Crippen LogP) is 2.31. The Morgan fingerprint density at radius 1 is 1.48 bits per heavy atom. The van der Waals surface area contributed by atoms with Crippen molar-refractivity contribution < 1.29 is 23.8 Å². The van der Waals surface area contributed by atoms with E-state index in [1.165, 1.54) is 30.2 Å². The zero-order valence-corrected chi connectivity index (χ0v) is 11.6. The topological polar surface area (TPSA) is 78.9 Å². The van der Waals surface area contributed by atoms with Gasteiger partial charge in [0.15, 0.2) is 0 Å². The molecule has 2 amide bonds. The monoisotopic (exact) mass is 296 g/mol. The molecule has 21 heavy (non-hydrogen) atoms. The van der Waals surface area contributed by atoms with Crippen molar-refractivity contribution in [2.45, 2.75) is 25.3 Å². The summed E-state index contributed by atoms with van der Waals surface area (Å²) < 4.78 is 18.7. The summed E-state index contributed by atoms with van der Waals surface area (Å²) in [4.78, 5) is 24.2. The highest BCUT2D eigenvalue weighted by Gasteiger charge is 2.33. The third kappa shape index (κ3) is 4.08. The van der Waals surface area contributed by atoms with Crippen LogP contribution < -0.4 is 10.1 Å². The van der Waals surface area contributed by atoms with Gasteiger partial charge in [0.1, 0.15) is 11.6 Å². The van der Waals surface area contributed by atoms with Crippen LogP contribution in [0.3, 0.4) is 0 Å². The van der Waals surface area contributed by atoms with Gasteiger partial charge in [0.05, 0.1) is 19.2 Å². The lowest BCUT2D eigenvalue weighted by Gasteiger charge is -2.22. The molecule has 0 aromatic heterocycles. The van der Waals surface area contributed by atoms with Gasteiger partial charge in [-0.25, -0.2) is 9.18 Å². The second kappa shape index (κ2) is 6.43. The number of hydrogen-bond donors (Lipinski definition) is 2. The van der Waals surface area contributed by atoms with Gasteiger partial charge in [-0.05, 0) is 25.0 Å². The number of nitrogens with one attached hydrogen (secondary N) is 1. The summed E-state index contributed by atoms with van der Waals surface area (Å²) in [5.41, 5.74) is 0.0142. The van der Waals surface area contributed by atoms with Crippen LogP contribution in [0.1, 0.15) is 19.3 Å². The normalized spacial score (nSPS) is 13.6. The Hall–Kier alpha value is -2.31. The first-order chi connectivity index (χ1) is 10.0. The number of methoxy groups -OCH3 is 1. The van der Waals surface area contributed by atoms with Crippen molar-refractivity contribution in [1.82, 2.24) is 4.90 Å². The number of carbonyl (C=O) groups excluding carboxylic acids is 1. The Balaban J connectivity index is 2.06. The summed E-state index contributed by atoms with van der Waals surface area (Å²) in [7, 11) is 1.45. The van der Waals surface area contributed by atoms with E-state index in [9.17, 15) is 14.0 Å². The maximum atomic E-state index is 13.7. The summed E-state index contributed by atoms with van der Waals surface area (Å²) in [6, 6.07) is 3.58. The average molecular weight is 296 g/mol. The van der Waals surface area contributed by atoms with Crippen molar-refractivity contribution in [3.8, 4) is 5.75 Å². The van der Waals surface area contributed by atoms with Crippen LogP contribution in [-0.4, -0.2) is 41.7 Å². The van der Waals surface area contributed by atoms with Crippen LogP contribution >= 0.6 is 0 Å². The summed E-state index contributed by atoms with van der Waals surface area (Å²) in [6.07, 6.45) is 1.55. The fourth-order valence-electron chi connectivity index (χ4n) is 1.97. The Morgan fingerprint density at radius 2 is 2.19 bits per heavy atom. The Bertz CT molecular complexity index is 546. The van der Waals surface area contributed by atoms with Crippen LogP contribution in [0.2, 0.25) is 0 Å². The first-order valence-corrected chi connectivity index (χ1v) is 6.64. The fourth-order valence-corrected chi connectivity index (χ4v) is 1.97. The Kier molecular flexibility index (Phi) is 4.62. The number of hydrogen-bond acceptors (Lipinski definition) is 3. The highest BCUT2D eigenvalue weighted by Crippen LogP contribution is 2.28. The number of nitrogens with zero attached hydrogens (tertiary/aromatic N) is 1. The van der Waals surface area contributed by atoms with Crippen LogP contribution in [0.4, 0.5) is 14.9 Å². The lowest BCUT2D eigenvalue weighted by Crippen LogP contribution is -2.38. The molecule has 2 rings (SSSR count). The largest absolute Gasteiger partial charge is 0.497 e. The van der Waals surface area contributed by atoms with Gasteiger partial charge in [0.2, 0.25) is 0 Å². The first kappa shape index (κ1) is 15.1. The van der Waals surface area contributed by atoms with Crippen LogP contribution in [-0.2, 0) is 4.79 Å². The SMILES string of the molecule is COc1ccc(F)c(NC(=O)N(CCC(=O)O)C2CC2)c1. The molecule has 6 nitrogen and oxygen atoms in total. The van der Waals surface area contributed by atoms with Crippen molar-refractivity contribution in [2.75, 3.05) is 19.0 Å². The third-order valence-electron chi connectivity index (χ3n) is 3.23. The van der Waals surface area contributed by atoms with Crippen LogP contribution in [0, 0.1) is 5.82 Å². The number of carboxylic acids is 1. The maximum absolute atomic E-state index is 13.7. The molecule has 0 radical (unpaired) electrons. The van der Waals surface area contributed by atoms with Gasteiger partial charge in [0, 0.05) is 18.7 Å². The molecule has 2 N–H and O–H groups in total. The van der Waals surface area contributed by atoms with Gasteiger partial charge in [-0.3, -0.25) is 4.79 Å². The summed E-state index contributed by atoms with van der Waals surface area (Å²) in [5, 5.41) is 11.2. The third-order valence-corrected chi connectivity index (χ3v) is 3.23. The molecule has 0 saturated heterocycles. The van der Waals surface area contributed by atoms with Crippen molar-refractivity contribution in [3.05, 3.63) is 24.0 Å². The molecule has 1 aromatic carbocycles. The molecular weight excluding hydrogens is 279 g/mol. The van der Waals surface area contributed by atoms with E-state index in [1.807, 2.05) is 0 Å². The molecule has 0 spiro atoms. The van der Waals surface area contributed by atoms with Crippen molar-refractivity contribution in [3.63, 3.8) is 0 Å². The molecule has 7 heteroatoms. The highest BCUT2D eigenvalue weighted by atomic mass is 19.1. The number of ether oxygens (including phenoxy) is 1. The molecule has 0 heterocycles. The first-order valence-electron chi connectivity index (χ1n) is 6.64. The number of carboxylic acid groups (broad SMARTS) is 1. The number of benzene rings is 1. The van der Waals surface area contributed by atoms with Crippen LogP contribution in [0.15, 0.2) is 18.2 Å². The minimum absolute atomic E-state index is 0.0142. The molecule has 0 bridgehead atoms. The molecule has 1 aliphatic carbocycles. The number of urea groups is 1. The molecule has 1 fully saturated rings. The lowest BCUT2D eigenvalue weighted by atomic mass is 10.3. The molecule has 1 saturated carbocycles. The minimum Gasteiger partial charge on any atom is -0.497 e. The Morgan fingerprint density at radius 3 is 2.76 bits per heavy atom. The smallest absolute Gasteiger partial charge is 0.322 e. The van der Waals surface area contributed by atoms with Crippen molar-refractivity contribution >= 4 is 17.7 Å². The highest BCUT2D eigenvalue weighted by molar-refractivity contribution is 5.90. The van der Waals surface area contributed by atoms with Gasteiger partial charge in [-0.2, -0.15) is 0 Å². The summed E-state index contributed by atoms with van der Waals surface area (Å²) in [6.45, 7) is 0.109. The van der Waals surface area contributed by atoms with E-state index in [1.54, 1.807) is 0 Å². The van der Waals surface area contributed by atoms with Gasteiger partial charge >= 0.3 is 12.0 Å². The van der Waals surface area contributed by atoms with Gasteiger partial charge in [-0.1, -0.05) is 0 Å². The molecule has 1 aliphatic rings. The van der Waals surface area contributed by atoms with E-state index >= 15 is 0 Å². The van der Waals surface area contributed by atoms with Gasteiger partial charge in [-0.15, -0.1) is 0 Å². The van der Waals surface area contributed by atoms with E-state index in [4.69, 9.17) is 9.84 Å². The van der Waals surface area contributed by atoms with E-state index < -0.39 is 17.8 Å².